The van der Waals surface area contributed by atoms with Crippen LogP contribution in [0.25, 0.3) is 22.6 Å². The van der Waals surface area contributed by atoms with E-state index in [0.717, 1.165) is 11.3 Å². The Hall–Kier alpha value is -3.01. The van der Waals surface area contributed by atoms with Gasteiger partial charge in [0.15, 0.2) is 0 Å². The number of rotatable bonds is 5. The highest BCUT2D eigenvalue weighted by Crippen LogP contribution is 2.36. The van der Waals surface area contributed by atoms with Gasteiger partial charge in [0.2, 0.25) is 5.95 Å². The molecule has 0 aliphatic carbocycles. The molecular weight excluding hydrogens is 412 g/mol. The highest BCUT2D eigenvalue weighted by molar-refractivity contribution is 5.77. The second-order valence-electron chi connectivity index (χ2n) is 7.49. The maximum absolute atomic E-state index is 13.4. The number of alkyl halides is 3. The first-order chi connectivity index (χ1) is 14.8. The van der Waals surface area contributed by atoms with Crippen LogP contribution in [0, 0.1) is 5.82 Å². The number of aromatic nitrogens is 4. The number of likely N-dealkylation sites (tertiary alicyclic amines) is 1. The predicted octanol–water partition coefficient (Wildman–Crippen LogP) is 4.39. The van der Waals surface area contributed by atoms with Crippen LogP contribution in [-0.2, 0) is 0 Å². The first-order valence-corrected chi connectivity index (χ1v) is 9.97. The number of halogens is 4. The molecule has 0 atom stereocenters. The number of imidazole rings is 1. The molecule has 0 amide bonds. The molecule has 2 aromatic heterocycles. The van der Waals surface area contributed by atoms with E-state index in [1.54, 1.807) is 37.8 Å². The second kappa shape index (κ2) is 8.62. The molecule has 164 valence electrons. The van der Waals surface area contributed by atoms with Gasteiger partial charge in [-0.05, 0) is 43.2 Å². The van der Waals surface area contributed by atoms with Gasteiger partial charge in [-0.1, -0.05) is 0 Å². The van der Waals surface area contributed by atoms with Crippen LogP contribution in [-0.4, -0.2) is 57.3 Å². The molecule has 31 heavy (non-hydrogen) atoms. The molecule has 0 spiro atoms. The molecule has 0 bridgehead atoms. The van der Waals surface area contributed by atoms with Gasteiger partial charge in [0.25, 0.3) is 0 Å². The zero-order chi connectivity index (χ0) is 22.0. The number of benzene rings is 1. The van der Waals surface area contributed by atoms with Crippen molar-refractivity contribution in [3.63, 3.8) is 0 Å². The molecule has 0 radical (unpaired) electrons. The van der Waals surface area contributed by atoms with Crippen molar-refractivity contribution in [1.82, 2.24) is 24.4 Å². The second-order valence-corrected chi connectivity index (χ2v) is 7.49. The quantitative estimate of drug-likeness (QED) is 0.604. The van der Waals surface area contributed by atoms with Gasteiger partial charge in [-0.3, -0.25) is 4.90 Å². The Morgan fingerprint density at radius 1 is 1.06 bits per heavy atom. The summed E-state index contributed by atoms with van der Waals surface area (Å²) >= 11 is 0. The summed E-state index contributed by atoms with van der Waals surface area (Å²) in [5, 5.41) is 2.91. The molecule has 1 aliphatic heterocycles. The van der Waals surface area contributed by atoms with Crippen molar-refractivity contribution >= 4 is 5.95 Å². The fraction of sp³-hybridized carbons (Fsp3) is 0.381. The smallest absolute Gasteiger partial charge is 0.357 e. The number of anilines is 1. The monoisotopic (exact) mass is 434 g/mol. The normalized spacial score (nSPS) is 15.9. The molecule has 0 unspecified atom stereocenters. The van der Waals surface area contributed by atoms with Gasteiger partial charge in [-0.15, -0.1) is 0 Å². The van der Waals surface area contributed by atoms with E-state index >= 15 is 0 Å². The highest BCUT2D eigenvalue weighted by Gasteiger charge is 2.33. The SMILES string of the molecule is CNc1nccc(-c2c(-c3ccc(F)cc3)ncn2C2CCN(CC(F)(F)F)CC2)n1. The van der Waals surface area contributed by atoms with Gasteiger partial charge >= 0.3 is 6.18 Å². The van der Waals surface area contributed by atoms with Crippen LogP contribution >= 0.6 is 0 Å². The van der Waals surface area contributed by atoms with Crippen molar-refractivity contribution < 1.29 is 17.6 Å². The Kier molecular flexibility index (Phi) is 5.90. The minimum absolute atomic E-state index is 0.0193. The van der Waals surface area contributed by atoms with E-state index in [0.29, 0.717) is 43.3 Å². The molecule has 0 saturated carbocycles. The third-order valence-corrected chi connectivity index (χ3v) is 5.39. The van der Waals surface area contributed by atoms with E-state index < -0.39 is 12.7 Å². The lowest BCUT2D eigenvalue weighted by atomic mass is 10.0. The van der Waals surface area contributed by atoms with Gasteiger partial charge < -0.3 is 9.88 Å². The average Bonchev–Trinajstić information content (AvgIpc) is 3.19. The summed E-state index contributed by atoms with van der Waals surface area (Å²) in [6, 6.07) is 7.78. The van der Waals surface area contributed by atoms with Gasteiger partial charge in [0, 0.05) is 37.9 Å². The van der Waals surface area contributed by atoms with Crippen molar-refractivity contribution in [2.24, 2.45) is 0 Å². The van der Waals surface area contributed by atoms with Crippen LogP contribution in [0.1, 0.15) is 18.9 Å². The summed E-state index contributed by atoms with van der Waals surface area (Å²) in [6.07, 6.45) is 0.247. The van der Waals surface area contributed by atoms with Crippen LogP contribution in [0.2, 0.25) is 0 Å². The predicted molar refractivity (Wildman–Crippen MR) is 109 cm³/mol. The first-order valence-electron chi connectivity index (χ1n) is 9.97. The van der Waals surface area contributed by atoms with E-state index in [9.17, 15) is 17.6 Å². The minimum atomic E-state index is -4.20. The molecule has 4 rings (SSSR count). The summed E-state index contributed by atoms with van der Waals surface area (Å²) in [6.45, 7) is -0.201. The van der Waals surface area contributed by atoms with Crippen LogP contribution < -0.4 is 5.32 Å². The van der Waals surface area contributed by atoms with Crippen molar-refractivity contribution in [2.75, 3.05) is 32.0 Å². The van der Waals surface area contributed by atoms with Gasteiger partial charge in [-0.2, -0.15) is 13.2 Å². The Morgan fingerprint density at radius 2 is 1.77 bits per heavy atom. The fourth-order valence-corrected chi connectivity index (χ4v) is 3.93. The molecule has 1 aliphatic rings. The maximum Gasteiger partial charge on any atom is 0.401 e. The molecule has 1 aromatic carbocycles. The lowest BCUT2D eigenvalue weighted by Crippen LogP contribution is -2.40. The summed E-state index contributed by atoms with van der Waals surface area (Å²) in [4.78, 5) is 14.7. The molecule has 6 nitrogen and oxygen atoms in total. The summed E-state index contributed by atoms with van der Waals surface area (Å²) in [5.41, 5.74) is 2.74. The van der Waals surface area contributed by atoms with Gasteiger partial charge in [0.05, 0.1) is 30.0 Å². The number of piperidine rings is 1. The number of nitrogens with zero attached hydrogens (tertiary/aromatic N) is 5. The summed E-state index contributed by atoms with van der Waals surface area (Å²) in [7, 11) is 1.72. The third-order valence-electron chi connectivity index (χ3n) is 5.39. The van der Waals surface area contributed by atoms with Gasteiger partial charge in [-0.25, -0.2) is 19.3 Å². The van der Waals surface area contributed by atoms with Crippen molar-refractivity contribution in [1.29, 1.82) is 0 Å². The molecule has 3 heterocycles. The topological polar surface area (TPSA) is 58.9 Å². The van der Waals surface area contributed by atoms with E-state index in [2.05, 4.69) is 20.3 Å². The lowest BCUT2D eigenvalue weighted by molar-refractivity contribution is -0.148. The van der Waals surface area contributed by atoms with Crippen molar-refractivity contribution in [3.8, 4) is 22.6 Å². The summed E-state index contributed by atoms with van der Waals surface area (Å²) < 4.78 is 53.6. The minimum Gasteiger partial charge on any atom is -0.357 e. The Balaban J connectivity index is 1.69. The standard InChI is InChI=1S/C21H22F4N6/c1-26-20-27-9-6-17(29-20)19-18(14-2-4-15(22)5-3-14)28-13-31(19)16-7-10-30(11-8-16)12-21(23,24)25/h2-6,9,13,16H,7-8,10-12H2,1H3,(H,26,27,29). The summed E-state index contributed by atoms with van der Waals surface area (Å²) in [5.74, 6) is 0.0941. The third kappa shape index (κ3) is 4.84. The number of hydrogen-bond donors (Lipinski definition) is 1. The molecule has 1 N–H and O–H groups in total. The van der Waals surface area contributed by atoms with E-state index in [-0.39, 0.29) is 11.9 Å². The number of nitrogens with one attached hydrogen (secondary N) is 1. The van der Waals surface area contributed by atoms with E-state index in [4.69, 9.17) is 0 Å². The van der Waals surface area contributed by atoms with Crippen molar-refractivity contribution in [3.05, 3.63) is 48.7 Å². The Labute approximate surface area is 177 Å². The molecular formula is C21H22F4N6. The average molecular weight is 434 g/mol. The van der Waals surface area contributed by atoms with E-state index in [1.165, 1.54) is 17.0 Å². The fourth-order valence-electron chi connectivity index (χ4n) is 3.93. The first kappa shape index (κ1) is 21.2. The lowest BCUT2D eigenvalue weighted by Gasteiger charge is -2.33. The maximum atomic E-state index is 13.4. The zero-order valence-electron chi connectivity index (χ0n) is 16.9. The van der Waals surface area contributed by atoms with Crippen LogP contribution in [0.15, 0.2) is 42.9 Å². The molecule has 1 saturated heterocycles. The molecule has 3 aromatic rings. The largest absolute Gasteiger partial charge is 0.401 e. The van der Waals surface area contributed by atoms with E-state index in [1.807, 2.05) is 4.57 Å². The molecule has 10 heteroatoms. The van der Waals surface area contributed by atoms with Crippen molar-refractivity contribution in [2.45, 2.75) is 25.1 Å². The van der Waals surface area contributed by atoms with Crippen LogP contribution in [0.4, 0.5) is 23.5 Å². The van der Waals surface area contributed by atoms with Crippen LogP contribution in [0.5, 0.6) is 0 Å². The Bertz CT molecular complexity index is 1020. The molecule has 1 fully saturated rings. The Morgan fingerprint density at radius 3 is 2.42 bits per heavy atom. The number of hydrogen-bond acceptors (Lipinski definition) is 5. The highest BCUT2D eigenvalue weighted by atomic mass is 19.4. The zero-order valence-corrected chi connectivity index (χ0v) is 16.9. The van der Waals surface area contributed by atoms with Gasteiger partial charge in [0.1, 0.15) is 5.82 Å². The van der Waals surface area contributed by atoms with Crippen LogP contribution in [0.3, 0.4) is 0 Å².